The zero-order valence-corrected chi connectivity index (χ0v) is 11.7. The highest BCUT2D eigenvalue weighted by Gasteiger charge is 2.11. The van der Waals surface area contributed by atoms with Crippen LogP contribution in [0.1, 0.15) is 44.8 Å². The van der Waals surface area contributed by atoms with Gasteiger partial charge in [0, 0.05) is 26.3 Å². The fourth-order valence-corrected chi connectivity index (χ4v) is 1.59. The van der Waals surface area contributed by atoms with Gasteiger partial charge in [-0.05, 0) is 20.3 Å². The van der Waals surface area contributed by atoms with Gasteiger partial charge < -0.3 is 14.8 Å². The molecule has 0 saturated carbocycles. The van der Waals surface area contributed by atoms with Gasteiger partial charge in [0.05, 0.1) is 12.3 Å². The molecule has 1 atom stereocenters. The first-order valence-corrected chi connectivity index (χ1v) is 6.43. The van der Waals surface area contributed by atoms with Gasteiger partial charge in [-0.25, -0.2) is 9.97 Å². The van der Waals surface area contributed by atoms with E-state index in [0.29, 0.717) is 19.0 Å². The van der Waals surface area contributed by atoms with Crippen LogP contribution in [0.25, 0.3) is 0 Å². The molecule has 18 heavy (non-hydrogen) atoms. The molecule has 0 amide bonds. The minimum atomic E-state index is -0.103. The largest absolute Gasteiger partial charge is 0.378 e. The first kappa shape index (κ1) is 14.9. The van der Waals surface area contributed by atoms with Gasteiger partial charge in [-0.3, -0.25) is 0 Å². The Morgan fingerprint density at radius 2 is 2.11 bits per heavy atom. The van der Waals surface area contributed by atoms with Crippen molar-refractivity contribution in [1.29, 1.82) is 0 Å². The molecule has 1 heterocycles. The first-order chi connectivity index (χ1) is 8.71. The van der Waals surface area contributed by atoms with Gasteiger partial charge in [-0.2, -0.15) is 0 Å². The van der Waals surface area contributed by atoms with E-state index in [1.54, 1.807) is 7.11 Å². The predicted octanol–water partition coefficient (Wildman–Crippen LogP) is 2.54. The van der Waals surface area contributed by atoms with Gasteiger partial charge in [-0.15, -0.1) is 0 Å². The maximum atomic E-state index is 5.53. The summed E-state index contributed by atoms with van der Waals surface area (Å²) in [7, 11) is 1.66. The molecule has 1 unspecified atom stereocenters. The van der Waals surface area contributed by atoms with Crippen LogP contribution >= 0.6 is 0 Å². The number of anilines is 1. The maximum Gasteiger partial charge on any atom is 0.159 e. The second kappa shape index (κ2) is 8.00. The first-order valence-electron chi connectivity index (χ1n) is 6.43. The Bertz CT molecular complexity index is 358. The van der Waals surface area contributed by atoms with E-state index in [2.05, 4.69) is 22.2 Å². The lowest BCUT2D eigenvalue weighted by Crippen LogP contribution is -2.11. The number of ether oxygens (including phenoxy) is 2. The Morgan fingerprint density at radius 1 is 1.33 bits per heavy atom. The van der Waals surface area contributed by atoms with Crippen molar-refractivity contribution < 1.29 is 9.47 Å². The topological polar surface area (TPSA) is 56.3 Å². The van der Waals surface area contributed by atoms with Crippen LogP contribution in [0.2, 0.25) is 0 Å². The molecule has 0 aliphatic carbocycles. The summed E-state index contributed by atoms with van der Waals surface area (Å²) in [5.74, 6) is 1.53. The second-order valence-corrected chi connectivity index (χ2v) is 4.06. The van der Waals surface area contributed by atoms with E-state index in [9.17, 15) is 0 Å². The highest BCUT2D eigenvalue weighted by Crippen LogP contribution is 2.16. The Morgan fingerprint density at radius 3 is 2.72 bits per heavy atom. The smallest absolute Gasteiger partial charge is 0.159 e. The molecule has 0 aliphatic rings. The fourth-order valence-electron chi connectivity index (χ4n) is 1.59. The molecule has 102 valence electrons. The maximum absolute atomic E-state index is 5.53. The molecular formula is C13H23N3O2. The SMILES string of the molecule is CCCNc1cc(COC)nc(C(C)OCC)n1. The number of nitrogens with zero attached hydrogens (tertiary/aromatic N) is 2. The summed E-state index contributed by atoms with van der Waals surface area (Å²) in [5, 5.41) is 3.27. The third kappa shape index (κ3) is 4.58. The van der Waals surface area contributed by atoms with Crippen LogP contribution in [-0.2, 0) is 16.1 Å². The Labute approximate surface area is 109 Å². The van der Waals surface area contributed by atoms with Crippen molar-refractivity contribution in [2.75, 3.05) is 25.6 Å². The van der Waals surface area contributed by atoms with Gasteiger partial charge in [-0.1, -0.05) is 6.92 Å². The van der Waals surface area contributed by atoms with E-state index >= 15 is 0 Å². The summed E-state index contributed by atoms with van der Waals surface area (Å²) in [6.45, 7) is 8.07. The number of nitrogens with one attached hydrogen (secondary N) is 1. The number of methoxy groups -OCH3 is 1. The molecule has 5 nitrogen and oxygen atoms in total. The van der Waals surface area contributed by atoms with Gasteiger partial charge >= 0.3 is 0 Å². The molecule has 0 aliphatic heterocycles. The van der Waals surface area contributed by atoms with E-state index in [4.69, 9.17) is 9.47 Å². The standard InChI is InChI=1S/C13H23N3O2/c1-5-7-14-12-8-11(9-17-4)15-13(16-12)10(3)18-6-2/h8,10H,5-7,9H2,1-4H3,(H,14,15,16). The zero-order chi connectivity index (χ0) is 13.4. The lowest BCUT2D eigenvalue weighted by Gasteiger charge is -2.13. The van der Waals surface area contributed by atoms with Crippen molar-refractivity contribution in [2.45, 2.75) is 39.9 Å². The number of aromatic nitrogens is 2. The van der Waals surface area contributed by atoms with Crippen molar-refractivity contribution >= 4 is 5.82 Å². The minimum absolute atomic E-state index is 0.103. The molecular weight excluding hydrogens is 230 g/mol. The van der Waals surface area contributed by atoms with Gasteiger partial charge in [0.25, 0.3) is 0 Å². The molecule has 0 aromatic carbocycles. The number of rotatable bonds is 8. The predicted molar refractivity (Wildman–Crippen MR) is 71.6 cm³/mol. The molecule has 1 rings (SSSR count). The van der Waals surface area contributed by atoms with Gasteiger partial charge in [0.15, 0.2) is 5.82 Å². The summed E-state index contributed by atoms with van der Waals surface area (Å²) in [6.07, 6.45) is 0.953. The van der Waals surface area contributed by atoms with E-state index in [1.807, 2.05) is 19.9 Å². The summed E-state index contributed by atoms with van der Waals surface area (Å²) >= 11 is 0. The van der Waals surface area contributed by atoms with Crippen LogP contribution in [0.3, 0.4) is 0 Å². The quantitative estimate of drug-likeness (QED) is 0.771. The average molecular weight is 253 g/mol. The summed E-state index contributed by atoms with van der Waals surface area (Å²) < 4.78 is 10.7. The Hall–Kier alpha value is -1.20. The minimum Gasteiger partial charge on any atom is -0.378 e. The third-order valence-corrected chi connectivity index (χ3v) is 2.43. The Kier molecular flexibility index (Phi) is 6.60. The molecule has 1 N–H and O–H groups in total. The molecule has 0 bridgehead atoms. The van der Waals surface area contributed by atoms with Crippen LogP contribution in [0, 0.1) is 0 Å². The van der Waals surface area contributed by atoms with Crippen LogP contribution in [-0.4, -0.2) is 30.2 Å². The lowest BCUT2D eigenvalue weighted by molar-refractivity contribution is 0.0695. The molecule has 0 fully saturated rings. The number of hydrogen-bond acceptors (Lipinski definition) is 5. The summed E-state index contributed by atoms with van der Waals surface area (Å²) in [6, 6.07) is 1.92. The summed E-state index contributed by atoms with van der Waals surface area (Å²) in [5.41, 5.74) is 0.868. The highest BCUT2D eigenvalue weighted by atomic mass is 16.5. The molecule has 5 heteroatoms. The third-order valence-electron chi connectivity index (χ3n) is 2.43. The van der Waals surface area contributed by atoms with E-state index in [1.165, 1.54) is 0 Å². The second-order valence-electron chi connectivity index (χ2n) is 4.06. The summed E-state index contributed by atoms with van der Waals surface area (Å²) in [4.78, 5) is 8.92. The van der Waals surface area contributed by atoms with E-state index in [0.717, 1.165) is 24.5 Å². The van der Waals surface area contributed by atoms with Crippen LogP contribution in [0.5, 0.6) is 0 Å². The van der Waals surface area contributed by atoms with Gasteiger partial charge in [0.2, 0.25) is 0 Å². The van der Waals surface area contributed by atoms with Crippen molar-refractivity contribution in [1.82, 2.24) is 9.97 Å². The fraction of sp³-hybridized carbons (Fsp3) is 0.692. The van der Waals surface area contributed by atoms with Crippen molar-refractivity contribution in [3.63, 3.8) is 0 Å². The lowest BCUT2D eigenvalue weighted by atomic mass is 10.3. The van der Waals surface area contributed by atoms with Gasteiger partial charge in [0.1, 0.15) is 11.9 Å². The molecule has 0 radical (unpaired) electrons. The number of hydrogen-bond donors (Lipinski definition) is 1. The average Bonchev–Trinajstić information content (AvgIpc) is 2.37. The molecule has 0 saturated heterocycles. The normalized spacial score (nSPS) is 12.4. The van der Waals surface area contributed by atoms with Crippen molar-refractivity contribution in [2.24, 2.45) is 0 Å². The van der Waals surface area contributed by atoms with Crippen molar-refractivity contribution in [3.8, 4) is 0 Å². The molecule has 1 aromatic heterocycles. The van der Waals surface area contributed by atoms with Crippen molar-refractivity contribution in [3.05, 3.63) is 17.6 Å². The molecule has 1 aromatic rings. The van der Waals surface area contributed by atoms with E-state index < -0.39 is 0 Å². The molecule has 0 spiro atoms. The van der Waals surface area contributed by atoms with Crippen LogP contribution in [0.4, 0.5) is 5.82 Å². The zero-order valence-electron chi connectivity index (χ0n) is 11.7. The van der Waals surface area contributed by atoms with Crippen LogP contribution in [0.15, 0.2) is 6.07 Å². The Balaban J connectivity index is 2.89. The van der Waals surface area contributed by atoms with Crippen LogP contribution < -0.4 is 5.32 Å². The highest BCUT2D eigenvalue weighted by molar-refractivity contribution is 5.36. The monoisotopic (exact) mass is 253 g/mol. The van der Waals surface area contributed by atoms with E-state index in [-0.39, 0.29) is 6.10 Å².